The molecule has 154 valence electrons. The predicted octanol–water partition coefficient (Wildman–Crippen LogP) is 2.16. The Morgan fingerprint density at radius 3 is 2.93 bits per heavy atom. The van der Waals surface area contributed by atoms with Crippen molar-refractivity contribution in [2.75, 3.05) is 32.8 Å². The van der Waals surface area contributed by atoms with Crippen LogP contribution in [0, 0.1) is 0 Å². The molecule has 1 saturated heterocycles. The first-order valence-corrected chi connectivity index (χ1v) is 10.1. The van der Waals surface area contributed by atoms with Crippen LogP contribution in [0.15, 0.2) is 48.8 Å². The van der Waals surface area contributed by atoms with Gasteiger partial charge in [-0.3, -0.25) is 14.6 Å². The van der Waals surface area contributed by atoms with E-state index in [-0.39, 0.29) is 17.9 Å². The second-order valence-electron chi connectivity index (χ2n) is 6.88. The van der Waals surface area contributed by atoms with Crippen LogP contribution in [0.2, 0.25) is 0 Å². The average molecular weight is 396 g/mol. The average Bonchev–Trinajstić information content (AvgIpc) is 2.77. The van der Waals surface area contributed by atoms with E-state index in [1.165, 1.54) is 0 Å². The molecular formula is C22H28N4O3. The molecule has 29 heavy (non-hydrogen) atoms. The minimum absolute atomic E-state index is 0.00221. The second kappa shape index (κ2) is 10.6. The molecule has 0 saturated carbocycles. The number of rotatable bonds is 8. The maximum Gasteiger partial charge on any atom is 0.255 e. The molecule has 3 rings (SSSR count). The molecule has 1 atom stereocenters. The summed E-state index contributed by atoms with van der Waals surface area (Å²) in [5, 5.41) is 6.23. The lowest BCUT2D eigenvalue weighted by atomic mass is 10.0. The number of para-hydroxylation sites is 1. The molecule has 2 heterocycles. The van der Waals surface area contributed by atoms with Crippen molar-refractivity contribution in [1.29, 1.82) is 0 Å². The monoisotopic (exact) mass is 396 g/mol. The van der Waals surface area contributed by atoms with E-state index in [0.717, 1.165) is 18.7 Å². The van der Waals surface area contributed by atoms with Crippen LogP contribution >= 0.6 is 0 Å². The molecule has 7 nitrogen and oxygen atoms in total. The molecule has 7 heteroatoms. The summed E-state index contributed by atoms with van der Waals surface area (Å²) in [5.74, 6) is 0.491. The Balaban J connectivity index is 1.50. The van der Waals surface area contributed by atoms with Gasteiger partial charge in [0.15, 0.2) is 0 Å². The summed E-state index contributed by atoms with van der Waals surface area (Å²) in [6.45, 7) is 5.01. The number of benzene rings is 1. The summed E-state index contributed by atoms with van der Waals surface area (Å²) < 4.78 is 5.50. The summed E-state index contributed by atoms with van der Waals surface area (Å²) in [6.07, 6.45) is 4.53. The molecule has 1 unspecified atom stereocenters. The Morgan fingerprint density at radius 1 is 1.28 bits per heavy atom. The molecule has 2 aromatic rings. The zero-order valence-corrected chi connectivity index (χ0v) is 16.8. The first-order valence-electron chi connectivity index (χ1n) is 10.1. The molecule has 0 radical (unpaired) electrons. The molecule has 0 aliphatic carbocycles. The van der Waals surface area contributed by atoms with Gasteiger partial charge in [0.05, 0.1) is 18.2 Å². The van der Waals surface area contributed by atoms with E-state index in [4.69, 9.17) is 4.74 Å². The maximum absolute atomic E-state index is 12.8. The van der Waals surface area contributed by atoms with Gasteiger partial charge in [-0.05, 0) is 37.1 Å². The van der Waals surface area contributed by atoms with Crippen molar-refractivity contribution in [3.05, 3.63) is 59.9 Å². The Morgan fingerprint density at radius 2 is 2.14 bits per heavy atom. The highest BCUT2D eigenvalue weighted by Crippen LogP contribution is 2.22. The van der Waals surface area contributed by atoms with Gasteiger partial charge >= 0.3 is 0 Å². The fourth-order valence-electron chi connectivity index (χ4n) is 3.49. The van der Waals surface area contributed by atoms with Crippen LogP contribution in [0.1, 0.15) is 41.7 Å². The van der Waals surface area contributed by atoms with Crippen molar-refractivity contribution in [2.45, 2.75) is 25.8 Å². The summed E-state index contributed by atoms with van der Waals surface area (Å²) in [7, 11) is 0. The number of carbonyl (C=O) groups excluding carboxylic acids is 2. The van der Waals surface area contributed by atoms with E-state index in [2.05, 4.69) is 15.6 Å². The third kappa shape index (κ3) is 5.54. The molecule has 2 amide bonds. The molecule has 0 bridgehead atoms. The molecule has 0 spiro atoms. The smallest absolute Gasteiger partial charge is 0.255 e. The third-order valence-corrected chi connectivity index (χ3v) is 4.92. The fraction of sp³-hybridized carbons (Fsp3) is 0.409. The number of hydrogen-bond acceptors (Lipinski definition) is 5. The topological polar surface area (TPSA) is 83.6 Å². The van der Waals surface area contributed by atoms with Gasteiger partial charge < -0.3 is 20.3 Å². The van der Waals surface area contributed by atoms with Crippen molar-refractivity contribution in [2.24, 2.45) is 0 Å². The fourth-order valence-corrected chi connectivity index (χ4v) is 3.49. The lowest BCUT2D eigenvalue weighted by Gasteiger charge is -2.36. The SMILES string of the molecule is CCOc1ccccc1C(=O)NCCCC(=O)N1CCNCC1c1cccnc1. The summed E-state index contributed by atoms with van der Waals surface area (Å²) in [5.41, 5.74) is 1.55. The largest absolute Gasteiger partial charge is 0.493 e. The van der Waals surface area contributed by atoms with E-state index >= 15 is 0 Å². The third-order valence-electron chi connectivity index (χ3n) is 4.92. The standard InChI is InChI=1S/C22H28N4O3/c1-2-29-20-9-4-3-8-18(20)22(28)25-12-6-10-21(27)26-14-13-24-16-19(26)17-7-5-11-23-15-17/h3-5,7-9,11,15,19,24H,2,6,10,12-14,16H2,1H3,(H,25,28). The Labute approximate surface area is 171 Å². The number of amides is 2. The van der Waals surface area contributed by atoms with Crippen LogP contribution in [0.4, 0.5) is 0 Å². The zero-order valence-electron chi connectivity index (χ0n) is 16.8. The van der Waals surface area contributed by atoms with Crippen LogP contribution in [0.5, 0.6) is 5.75 Å². The second-order valence-corrected chi connectivity index (χ2v) is 6.88. The Kier molecular flexibility index (Phi) is 7.58. The number of hydrogen-bond donors (Lipinski definition) is 2. The Bertz CT molecular complexity index is 813. The van der Waals surface area contributed by atoms with Crippen LogP contribution < -0.4 is 15.4 Å². The van der Waals surface area contributed by atoms with Gasteiger partial charge in [-0.2, -0.15) is 0 Å². The lowest BCUT2D eigenvalue weighted by Crippen LogP contribution is -2.48. The number of pyridine rings is 1. The minimum atomic E-state index is -0.183. The van der Waals surface area contributed by atoms with Crippen LogP contribution in [0.3, 0.4) is 0 Å². The molecule has 1 fully saturated rings. The van der Waals surface area contributed by atoms with E-state index in [0.29, 0.717) is 43.9 Å². The van der Waals surface area contributed by atoms with Gasteiger partial charge in [-0.25, -0.2) is 0 Å². The van der Waals surface area contributed by atoms with Crippen LogP contribution in [-0.2, 0) is 4.79 Å². The molecule has 2 N–H and O–H groups in total. The number of piperazine rings is 1. The van der Waals surface area contributed by atoms with Crippen molar-refractivity contribution in [3.63, 3.8) is 0 Å². The number of aromatic nitrogens is 1. The number of carbonyl (C=O) groups is 2. The highest BCUT2D eigenvalue weighted by Gasteiger charge is 2.27. The first kappa shape index (κ1) is 20.8. The minimum Gasteiger partial charge on any atom is -0.493 e. The molecular weight excluding hydrogens is 368 g/mol. The van der Waals surface area contributed by atoms with Gasteiger partial charge in [-0.1, -0.05) is 18.2 Å². The summed E-state index contributed by atoms with van der Waals surface area (Å²) >= 11 is 0. The quantitative estimate of drug-likeness (QED) is 0.668. The van der Waals surface area contributed by atoms with E-state index in [9.17, 15) is 9.59 Å². The summed E-state index contributed by atoms with van der Waals surface area (Å²) in [4.78, 5) is 31.3. The van der Waals surface area contributed by atoms with Gasteiger partial charge in [0.25, 0.3) is 5.91 Å². The van der Waals surface area contributed by atoms with Gasteiger partial charge in [0, 0.05) is 45.0 Å². The van der Waals surface area contributed by atoms with E-state index in [1.807, 2.05) is 42.3 Å². The van der Waals surface area contributed by atoms with Crippen molar-refractivity contribution in [1.82, 2.24) is 20.5 Å². The van der Waals surface area contributed by atoms with Gasteiger partial charge in [-0.15, -0.1) is 0 Å². The molecule has 1 aliphatic rings. The van der Waals surface area contributed by atoms with Crippen molar-refractivity contribution in [3.8, 4) is 5.75 Å². The van der Waals surface area contributed by atoms with Crippen LogP contribution in [-0.4, -0.2) is 54.5 Å². The predicted molar refractivity (Wildman–Crippen MR) is 111 cm³/mol. The zero-order chi connectivity index (χ0) is 20.5. The maximum atomic E-state index is 12.8. The molecule has 1 aromatic carbocycles. The Hall–Kier alpha value is -2.93. The van der Waals surface area contributed by atoms with Crippen molar-refractivity contribution < 1.29 is 14.3 Å². The normalized spacial score (nSPS) is 16.3. The van der Waals surface area contributed by atoms with Gasteiger partial charge in [0.2, 0.25) is 5.91 Å². The van der Waals surface area contributed by atoms with Crippen molar-refractivity contribution >= 4 is 11.8 Å². The highest BCUT2D eigenvalue weighted by atomic mass is 16.5. The lowest BCUT2D eigenvalue weighted by molar-refractivity contribution is -0.134. The first-order chi connectivity index (χ1) is 14.2. The number of nitrogens with zero attached hydrogens (tertiary/aromatic N) is 2. The van der Waals surface area contributed by atoms with Crippen LogP contribution in [0.25, 0.3) is 0 Å². The van der Waals surface area contributed by atoms with Gasteiger partial charge in [0.1, 0.15) is 5.75 Å². The number of nitrogens with one attached hydrogen (secondary N) is 2. The van der Waals surface area contributed by atoms with E-state index in [1.54, 1.807) is 18.3 Å². The molecule has 1 aromatic heterocycles. The number of ether oxygens (including phenoxy) is 1. The molecule has 1 aliphatic heterocycles. The summed E-state index contributed by atoms with van der Waals surface area (Å²) in [6, 6.07) is 11.1. The highest BCUT2D eigenvalue weighted by molar-refractivity contribution is 5.96. The van der Waals surface area contributed by atoms with E-state index < -0.39 is 0 Å².